The van der Waals surface area contributed by atoms with Crippen LogP contribution in [-0.2, 0) is 12.2 Å². The standard InChI is InChI=1S/C9H12S3/c1-2-8-5-3-4-6-9(8)7-11-12-10/h3-6,10H,2,7H2,1H3. The first-order chi connectivity index (χ1) is 5.88. The van der Waals surface area contributed by atoms with Gasteiger partial charge in [0.15, 0.2) is 0 Å². The van der Waals surface area contributed by atoms with Gasteiger partial charge in [0.05, 0.1) is 0 Å². The van der Waals surface area contributed by atoms with Crippen LogP contribution in [-0.4, -0.2) is 0 Å². The Morgan fingerprint density at radius 2 is 1.92 bits per heavy atom. The molecule has 0 nitrogen and oxygen atoms in total. The van der Waals surface area contributed by atoms with E-state index < -0.39 is 0 Å². The summed E-state index contributed by atoms with van der Waals surface area (Å²) in [6.45, 7) is 2.19. The predicted molar refractivity (Wildman–Crippen MR) is 63.7 cm³/mol. The summed E-state index contributed by atoms with van der Waals surface area (Å²) in [6, 6.07) is 8.58. The van der Waals surface area contributed by atoms with Crippen LogP contribution in [0.2, 0.25) is 0 Å². The Hall–Kier alpha value is 0.270. The summed E-state index contributed by atoms with van der Waals surface area (Å²) in [6.07, 6.45) is 1.12. The van der Waals surface area contributed by atoms with Crippen molar-refractivity contribution >= 4 is 32.3 Å². The summed E-state index contributed by atoms with van der Waals surface area (Å²) in [7, 11) is 3.30. The molecule has 0 bridgehead atoms. The smallest absolute Gasteiger partial charge is 0.0299 e. The fourth-order valence-electron chi connectivity index (χ4n) is 1.13. The molecular weight excluding hydrogens is 204 g/mol. The van der Waals surface area contributed by atoms with E-state index in [1.165, 1.54) is 21.0 Å². The zero-order valence-electron chi connectivity index (χ0n) is 6.99. The van der Waals surface area contributed by atoms with Crippen molar-refractivity contribution in [3.63, 3.8) is 0 Å². The molecule has 66 valence electrons. The summed E-state index contributed by atoms with van der Waals surface area (Å²) >= 11 is 4.09. The Kier molecular flexibility index (Phi) is 5.04. The lowest BCUT2D eigenvalue weighted by Crippen LogP contribution is -1.88. The van der Waals surface area contributed by atoms with Crippen molar-refractivity contribution in [2.24, 2.45) is 0 Å². The minimum Gasteiger partial charge on any atom is -0.0997 e. The summed E-state index contributed by atoms with van der Waals surface area (Å²) < 4.78 is 0. The van der Waals surface area contributed by atoms with E-state index in [0.29, 0.717) is 0 Å². The highest BCUT2D eigenvalue weighted by Crippen LogP contribution is 2.29. The van der Waals surface area contributed by atoms with Crippen molar-refractivity contribution in [1.29, 1.82) is 0 Å². The van der Waals surface area contributed by atoms with Gasteiger partial charge in [-0.3, -0.25) is 0 Å². The van der Waals surface area contributed by atoms with E-state index in [-0.39, 0.29) is 0 Å². The zero-order chi connectivity index (χ0) is 8.81. The molecule has 0 N–H and O–H groups in total. The molecule has 0 aliphatic heterocycles. The number of benzene rings is 1. The summed E-state index contributed by atoms with van der Waals surface area (Å²) in [4.78, 5) is 0. The number of hydrogen-bond donors (Lipinski definition) is 1. The van der Waals surface area contributed by atoms with Gasteiger partial charge < -0.3 is 0 Å². The molecule has 12 heavy (non-hydrogen) atoms. The molecule has 0 radical (unpaired) electrons. The lowest BCUT2D eigenvalue weighted by Gasteiger charge is -2.04. The third-order valence-corrected chi connectivity index (χ3v) is 3.92. The number of thiol groups is 1. The van der Waals surface area contributed by atoms with Crippen LogP contribution in [0.1, 0.15) is 18.1 Å². The van der Waals surface area contributed by atoms with Gasteiger partial charge in [-0.15, -0.1) is 0 Å². The van der Waals surface area contributed by atoms with Crippen LogP contribution in [0.5, 0.6) is 0 Å². The van der Waals surface area contributed by atoms with Gasteiger partial charge >= 0.3 is 0 Å². The molecule has 0 fully saturated rings. The van der Waals surface area contributed by atoms with Crippen molar-refractivity contribution in [3.8, 4) is 0 Å². The number of rotatable bonds is 4. The Labute approximate surface area is 86.7 Å². The molecule has 0 atom stereocenters. The average Bonchev–Trinajstić information content (AvgIpc) is 2.15. The quantitative estimate of drug-likeness (QED) is 0.597. The first-order valence-electron chi connectivity index (χ1n) is 3.88. The molecule has 1 aromatic carbocycles. The van der Waals surface area contributed by atoms with E-state index in [1.807, 2.05) is 0 Å². The van der Waals surface area contributed by atoms with Crippen molar-refractivity contribution in [3.05, 3.63) is 35.4 Å². The fourth-order valence-corrected chi connectivity index (χ4v) is 2.61. The maximum atomic E-state index is 4.09. The Morgan fingerprint density at radius 1 is 1.25 bits per heavy atom. The second kappa shape index (κ2) is 5.84. The topological polar surface area (TPSA) is 0 Å². The van der Waals surface area contributed by atoms with Crippen LogP contribution in [0.15, 0.2) is 24.3 Å². The Morgan fingerprint density at radius 3 is 2.50 bits per heavy atom. The van der Waals surface area contributed by atoms with Gasteiger partial charge in [0.2, 0.25) is 0 Å². The maximum Gasteiger partial charge on any atom is 0.0299 e. The molecule has 1 aromatic rings. The van der Waals surface area contributed by atoms with Crippen molar-refractivity contribution in [2.75, 3.05) is 0 Å². The Bertz CT molecular complexity index is 235. The van der Waals surface area contributed by atoms with E-state index in [9.17, 15) is 0 Å². The van der Waals surface area contributed by atoms with Crippen LogP contribution in [0.3, 0.4) is 0 Å². The number of aryl methyl sites for hydroxylation is 1. The molecule has 0 heterocycles. The minimum absolute atomic E-state index is 1.05. The van der Waals surface area contributed by atoms with E-state index in [0.717, 1.165) is 12.2 Å². The Balaban J connectivity index is 2.68. The molecule has 0 aliphatic carbocycles. The first kappa shape index (κ1) is 10.4. The van der Waals surface area contributed by atoms with Crippen LogP contribution in [0.4, 0.5) is 0 Å². The van der Waals surface area contributed by atoms with E-state index in [4.69, 9.17) is 0 Å². The largest absolute Gasteiger partial charge is 0.0997 e. The van der Waals surface area contributed by atoms with Crippen LogP contribution in [0.25, 0.3) is 0 Å². The monoisotopic (exact) mass is 216 g/mol. The van der Waals surface area contributed by atoms with Gasteiger partial charge in [-0.05, 0) is 27.4 Å². The van der Waals surface area contributed by atoms with E-state index >= 15 is 0 Å². The van der Waals surface area contributed by atoms with Crippen LogP contribution in [0, 0.1) is 0 Å². The SMILES string of the molecule is CCc1ccccc1CSSS. The van der Waals surface area contributed by atoms with Crippen molar-refractivity contribution in [2.45, 2.75) is 19.1 Å². The van der Waals surface area contributed by atoms with E-state index in [2.05, 4.69) is 42.9 Å². The number of hydrogen-bond acceptors (Lipinski definition) is 3. The van der Waals surface area contributed by atoms with Gasteiger partial charge in [-0.25, -0.2) is 0 Å². The molecule has 0 saturated heterocycles. The third kappa shape index (κ3) is 2.96. The molecule has 3 heteroatoms. The first-order valence-corrected chi connectivity index (χ1v) is 7.25. The maximum absolute atomic E-state index is 4.09. The highest BCUT2D eigenvalue weighted by Gasteiger charge is 1.98. The van der Waals surface area contributed by atoms with Crippen molar-refractivity contribution < 1.29 is 0 Å². The lowest BCUT2D eigenvalue weighted by molar-refractivity contribution is 1.10. The lowest BCUT2D eigenvalue weighted by atomic mass is 10.1. The molecule has 0 amide bonds. The van der Waals surface area contributed by atoms with Crippen molar-refractivity contribution in [1.82, 2.24) is 0 Å². The van der Waals surface area contributed by atoms with E-state index in [1.54, 1.807) is 10.8 Å². The van der Waals surface area contributed by atoms with Crippen LogP contribution < -0.4 is 0 Å². The molecule has 0 spiro atoms. The predicted octanol–water partition coefficient (Wildman–Crippen LogP) is 3.98. The molecular formula is C9H12S3. The molecule has 0 aliphatic rings. The summed E-state index contributed by atoms with van der Waals surface area (Å²) in [5.41, 5.74) is 2.89. The second-order valence-electron chi connectivity index (χ2n) is 2.46. The molecule has 0 aromatic heterocycles. The highest BCUT2D eigenvalue weighted by atomic mass is 33.5. The highest BCUT2D eigenvalue weighted by molar-refractivity contribution is 9.05. The van der Waals surface area contributed by atoms with Gasteiger partial charge in [-0.2, -0.15) is 0 Å². The van der Waals surface area contributed by atoms with Crippen LogP contribution >= 0.6 is 32.3 Å². The zero-order valence-corrected chi connectivity index (χ0v) is 9.51. The van der Waals surface area contributed by atoms with Gasteiger partial charge in [0, 0.05) is 5.75 Å². The summed E-state index contributed by atoms with van der Waals surface area (Å²) in [5, 5.41) is 0. The minimum atomic E-state index is 1.05. The fraction of sp³-hybridized carbons (Fsp3) is 0.333. The molecule has 0 unspecified atom stereocenters. The van der Waals surface area contributed by atoms with Gasteiger partial charge in [0.25, 0.3) is 0 Å². The third-order valence-electron chi connectivity index (χ3n) is 1.77. The van der Waals surface area contributed by atoms with Gasteiger partial charge in [0.1, 0.15) is 0 Å². The summed E-state index contributed by atoms with van der Waals surface area (Å²) in [5.74, 6) is 1.05. The normalized spacial score (nSPS) is 10.2. The molecule has 0 saturated carbocycles. The average molecular weight is 216 g/mol. The van der Waals surface area contributed by atoms with Gasteiger partial charge in [-0.1, -0.05) is 53.6 Å². The second-order valence-corrected chi connectivity index (χ2v) is 5.63. The molecule has 1 rings (SSSR count).